The number of benzene rings is 2. The van der Waals surface area contributed by atoms with Crippen molar-refractivity contribution < 1.29 is 9.31 Å². The summed E-state index contributed by atoms with van der Waals surface area (Å²) in [5.74, 6) is 0.211. The highest BCUT2D eigenvalue weighted by Crippen LogP contribution is 2.30. The maximum Gasteiger partial charge on any atom is 0.305 e. The van der Waals surface area contributed by atoms with Gasteiger partial charge in [-0.3, -0.25) is 14.7 Å². The first kappa shape index (κ1) is 17.7. The van der Waals surface area contributed by atoms with E-state index >= 15 is 0 Å². The Morgan fingerprint density at radius 2 is 1.64 bits per heavy atom. The van der Waals surface area contributed by atoms with Gasteiger partial charge in [0.1, 0.15) is 18.2 Å². The van der Waals surface area contributed by atoms with Crippen LogP contribution in [-0.2, 0) is 0 Å². The van der Waals surface area contributed by atoms with Gasteiger partial charge in [0.05, 0.1) is 4.92 Å². The highest BCUT2D eigenvalue weighted by atomic mass is 32.2. The van der Waals surface area contributed by atoms with Crippen LogP contribution in [0.2, 0.25) is 0 Å². The summed E-state index contributed by atoms with van der Waals surface area (Å²) in [4.78, 5) is 18.2. The van der Waals surface area contributed by atoms with E-state index in [1.54, 1.807) is 16.7 Å². The molecule has 0 aliphatic carbocycles. The molecule has 138 valence electrons. The van der Waals surface area contributed by atoms with Crippen LogP contribution in [0.1, 0.15) is 0 Å². The Labute approximate surface area is 162 Å². The molecule has 0 saturated carbocycles. The molecule has 8 nitrogen and oxygen atoms in total. The van der Waals surface area contributed by atoms with Gasteiger partial charge in [0.15, 0.2) is 11.0 Å². The van der Waals surface area contributed by atoms with Gasteiger partial charge in [0.25, 0.3) is 0 Å². The number of rotatable bonds is 5. The van der Waals surface area contributed by atoms with Gasteiger partial charge >= 0.3 is 5.69 Å². The number of nitrogens with zero attached hydrogens (tertiary/aromatic N) is 6. The maximum atomic E-state index is 13.4. The van der Waals surface area contributed by atoms with Gasteiger partial charge in [0.2, 0.25) is 5.16 Å². The smallest absolute Gasteiger partial charge is 0.270 e. The van der Waals surface area contributed by atoms with Crippen molar-refractivity contribution in [1.82, 2.24) is 24.7 Å². The lowest BCUT2D eigenvalue weighted by atomic mass is 10.2. The molecule has 4 rings (SSSR count). The number of aromatic nitrogens is 5. The molecule has 28 heavy (non-hydrogen) atoms. The zero-order chi connectivity index (χ0) is 19.5. The van der Waals surface area contributed by atoms with Crippen LogP contribution in [0, 0.1) is 15.9 Å². The molecule has 0 atom stereocenters. The predicted molar refractivity (Wildman–Crippen MR) is 99.6 cm³/mol. The van der Waals surface area contributed by atoms with Crippen LogP contribution in [0.15, 0.2) is 77.3 Å². The predicted octanol–water partition coefficient (Wildman–Crippen LogP) is 3.92. The second kappa shape index (κ2) is 7.53. The minimum absolute atomic E-state index is 0.200. The van der Waals surface area contributed by atoms with Gasteiger partial charge in [-0.15, -0.1) is 10.2 Å². The van der Waals surface area contributed by atoms with Crippen LogP contribution < -0.4 is 0 Å². The molecule has 0 bridgehead atoms. The lowest BCUT2D eigenvalue weighted by molar-refractivity contribution is -0.385. The van der Waals surface area contributed by atoms with Crippen molar-refractivity contribution >= 4 is 17.4 Å². The summed E-state index contributed by atoms with van der Waals surface area (Å²) < 4.78 is 15.1. The van der Waals surface area contributed by atoms with E-state index in [1.165, 1.54) is 12.1 Å². The molecule has 0 spiro atoms. The van der Waals surface area contributed by atoms with E-state index in [9.17, 15) is 14.5 Å². The molecule has 2 heterocycles. The van der Waals surface area contributed by atoms with Crippen LogP contribution >= 0.6 is 11.8 Å². The van der Waals surface area contributed by atoms with E-state index in [0.717, 1.165) is 29.7 Å². The number of hydrogen-bond donors (Lipinski definition) is 0. The monoisotopic (exact) mass is 394 g/mol. The maximum absolute atomic E-state index is 13.4. The SMILES string of the molecule is O=[N+]([O-])c1cnc(Sc2nnc(-c3ccccc3)n2-c2ccc(F)cc2)nc1. The summed E-state index contributed by atoms with van der Waals surface area (Å²) >= 11 is 1.10. The summed E-state index contributed by atoms with van der Waals surface area (Å²) in [5.41, 5.74) is 1.29. The molecule has 2 aromatic carbocycles. The Hall–Kier alpha value is -3.66. The minimum atomic E-state index is -0.566. The number of halogens is 1. The van der Waals surface area contributed by atoms with E-state index in [4.69, 9.17) is 0 Å². The average molecular weight is 394 g/mol. The van der Waals surface area contributed by atoms with Gasteiger partial charge in [-0.25, -0.2) is 14.4 Å². The topological polar surface area (TPSA) is 99.6 Å². The van der Waals surface area contributed by atoms with Gasteiger partial charge in [-0.05, 0) is 36.0 Å². The first-order valence-electron chi connectivity index (χ1n) is 8.03. The molecule has 0 saturated heterocycles. The lowest BCUT2D eigenvalue weighted by Gasteiger charge is -2.10. The second-order valence-electron chi connectivity index (χ2n) is 5.57. The normalized spacial score (nSPS) is 10.8. The standard InChI is InChI=1S/C18H11FN6O2S/c19-13-6-8-14(9-7-13)24-16(12-4-2-1-3-5-12)22-23-18(24)28-17-20-10-15(11-21-17)25(26)27/h1-11H. The Morgan fingerprint density at radius 1 is 0.964 bits per heavy atom. The van der Waals surface area contributed by atoms with Gasteiger partial charge < -0.3 is 0 Å². The molecule has 0 radical (unpaired) electrons. The Kier molecular flexibility index (Phi) is 4.77. The van der Waals surface area contributed by atoms with Gasteiger partial charge in [-0.2, -0.15) is 0 Å². The largest absolute Gasteiger partial charge is 0.305 e. The Balaban J connectivity index is 1.77. The third-order valence-corrected chi connectivity index (χ3v) is 4.60. The van der Waals surface area contributed by atoms with Crippen molar-refractivity contribution in [2.45, 2.75) is 10.3 Å². The van der Waals surface area contributed by atoms with Crippen molar-refractivity contribution in [3.8, 4) is 17.1 Å². The first-order valence-corrected chi connectivity index (χ1v) is 8.84. The third-order valence-electron chi connectivity index (χ3n) is 3.76. The zero-order valence-electron chi connectivity index (χ0n) is 14.1. The number of nitro groups is 1. The van der Waals surface area contributed by atoms with Crippen LogP contribution in [0.3, 0.4) is 0 Å². The summed E-state index contributed by atoms with van der Waals surface area (Å²) in [6.45, 7) is 0. The lowest BCUT2D eigenvalue weighted by Crippen LogP contribution is -2.00. The van der Waals surface area contributed by atoms with Crippen LogP contribution in [-0.4, -0.2) is 29.7 Å². The Morgan fingerprint density at radius 3 is 2.29 bits per heavy atom. The van der Waals surface area contributed by atoms with Crippen molar-refractivity contribution in [1.29, 1.82) is 0 Å². The van der Waals surface area contributed by atoms with E-state index < -0.39 is 4.92 Å². The molecule has 0 amide bonds. The minimum Gasteiger partial charge on any atom is -0.270 e. The Bertz CT molecular complexity index is 1120. The molecule has 0 unspecified atom stereocenters. The summed E-state index contributed by atoms with van der Waals surface area (Å²) in [6.07, 6.45) is 2.26. The van der Waals surface area contributed by atoms with Crippen LogP contribution in [0.4, 0.5) is 10.1 Å². The van der Waals surface area contributed by atoms with Crippen molar-refractivity contribution in [3.05, 3.63) is 82.9 Å². The molecule has 0 aliphatic heterocycles. The summed E-state index contributed by atoms with van der Waals surface area (Å²) in [6, 6.07) is 15.4. The van der Waals surface area contributed by atoms with E-state index in [2.05, 4.69) is 20.2 Å². The average Bonchev–Trinajstić information content (AvgIpc) is 3.13. The van der Waals surface area contributed by atoms with E-state index in [-0.39, 0.29) is 16.7 Å². The quantitative estimate of drug-likeness (QED) is 0.287. The number of hydrogen-bond acceptors (Lipinski definition) is 7. The molecule has 10 heteroatoms. The van der Waals surface area contributed by atoms with Gasteiger partial charge in [0, 0.05) is 11.3 Å². The molecule has 0 fully saturated rings. The van der Waals surface area contributed by atoms with Gasteiger partial charge in [-0.1, -0.05) is 30.3 Å². The van der Waals surface area contributed by atoms with Crippen molar-refractivity contribution in [2.75, 3.05) is 0 Å². The molecule has 2 aromatic heterocycles. The van der Waals surface area contributed by atoms with E-state index in [0.29, 0.717) is 16.7 Å². The molecular weight excluding hydrogens is 383 g/mol. The fourth-order valence-electron chi connectivity index (χ4n) is 2.47. The fourth-order valence-corrected chi connectivity index (χ4v) is 3.21. The molecule has 0 N–H and O–H groups in total. The molecule has 0 aliphatic rings. The third kappa shape index (κ3) is 3.58. The zero-order valence-corrected chi connectivity index (χ0v) is 15.0. The van der Waals surface area contributed by atoms with Crippen LogP contribution in [0.5, 0.6) is 0 Å². The summed E-state index contributed by atoms with van der Waals surface area (Å²) in [5, 5.41) is 20.0. The highest BCUT2D eigenvalue weighted by molar-refractivity contribution is 7.99. The first-order chi connectivity index (χ1) is 13.6. The molecule has 4 aromatic rings. The fraction of sp³-hybridized carbons (Fsp3) is 0. The van der Waals surface area contributed by atoms with Crippen molar-refractivity contribution in [3.63, 3.8) is 0 Å². The molecular formula is C18H11FN6O2S. The van der Waals surface area contributed by atoms with Crippen molar-refractivity contribution in [2.24, 2.45) is 0 Å². The second-order valence-corrected chi connectivity index (χ2v) is 6.50. The summed E-state index contributed by atoms with van der Waals surface area (Å²) in [7, 11) is 0. The van der Waals surface area contributed by atoms with Crippen LogP contribution in [0.25, 0.3) is 17.1 Å². The highest BCUT2D eigenvalue weighted by Gasteiger charge is 2.18. The van der Waals surface area contributed by atoms with E-state index in [1.807, 2.05) is 30.3 Å².